The first-order chi connectivity index (χ1) is 22.2. The molecule has 0 bridgehead atoms. The predicted octanol–water partition coefficient (Wildman–Crippen LogP) is 3.78. The Kier molecular flexibility index (Phi) is 10.1. The van der Waals surface area contributed by atoms with Gasteiger partial charge in [-0.2, -0.15) is 0 Å². The number of amides is 2. The minimum atomic E-state index is -0.481. The monoisotopic (exact) mass is 649 g/mol. The molecule has 0 saturated carbocycles. The number of likely N-dealkylation sites (tertiary alicyclic amines) is 2. The highest BCUT2D eigenvalue weighted by atomic mass is 35.5. The van der Waals surface area contributed by atoms with E-state index in [-0.39, 0.29) is 30.0 Å². The molecule has 0 unspecified atom stereocenters. The van der Waals surface area contributed by atoms with Gasteiger partial charge in [0, 0.05) is 70.9 Å². The molecule has 3 aliphatic heterocycles. The van der Waals surface area contributed by atoms with Crippen LogP contribution >= 0.6 is 11.6 Å². The van der Waals surface area contributed by atoms with Gasteiger partial charge in [-0.3, -0.25) is 19.1 Å². The molecule has 0 radical (unpaired) electrons. The fourth-order valence-corrected chi connectivity index (χ4v) is 7.99. The summed E-state index contributed by atoms with van der Waals surface area (Å²) in [4.78, 5) is 52.5. The van der Waals surface area contributed by atoms with E-state index in [4.69, 9.17) is 17.3 Å². The zero-order valence-electron chi connectivity index (χ0n) is 27.2. The molecule has 11 heteroatoms. The van der Waals surface area contributed by atoms with Crippen LogP contribution in [0.2, 0.25) is 5.02 Å². The second-order valence-corrected chi connectivity index (χ2v) is 13.8. The quantitative estimate of drug-likeness (QED) is 0.360. The van der Waals surface area contributed by atoms with Crippen LogP contribution in [0.25, 0.3) is 11.0 Å². The highest BCUT2D eigenvalue weighted by molar-refractivity contribution is 6.33. The molecule has 1 atom stereocenters. The number of carbonyl (C=O) groups excluding carboxylic acids is 2. The molecule has 3 aliphatic rings. The van der Waals surface area contributed by atoms with Crippen molar-refractivity contribution in [3.8, 4) is 0 Å². The zero-order valence-corrected chi connectivity index (χ0v) is 28.0. The molecule has 3 saturated heterocycles. The van der Waals surface area contributed by atoms with Crippen molar-refractivity contribution in [1.29, 1.82) is 0 Å². The number of likely N-dealkylation sites (N-methyl/N-ethyl adjacent to an activating group) is 1. The van der Waals surface area contributed by atoms with Gasteiger partial charge in [-0.25, -0.2) is 4.79 Å². The summed E-state index contributed by atoms with van der Waals surface area (Å²) in [6.07, 6.45) is 4.65. The van der Waals surface area contributed by atoms with Gasteiger partial charge in [0.05, 0.1) is 27.7 Å². The van der Waals surface area contributed by atoms with Crippen molar-refractivity contribution in [2.24, 2.45) is 5.92 Å². The average Bonchev–Trinajstić information content (AvgIpc) is 3.41. The highest BCUT2D eigenvalue weighted by Gasteiger charge is 2.34. The fraction of sp³-hybridized carbons (Fsp3) is 0.571. The van der Waals surface area contributed by atoms with Gasteiger partial charge in [0.1, 0.15) is 0 Å². The number of hydrogen-bond acceptors (Lipinski definition) is 6. The number of piperazine rings is 1. The number of benzene rings is 2. The second-order valence-electron chi connectivity index (χ2n) is 13.4. The summed E-state index contributed by atoms with van der Waals surface area (Å²) in [5.41, 5.74) is 10.3. The van der Waals surface area contributed by atoms with Crippen LogP contribution in [0.5, 0.6) is 0 Å². The molecule has 248 valence electrons. The number of nitrogens with zero attached hydrogens (tertiary/aromatic N) is 5. The van der Waals surface area contributed by atoms with E-state index in [0.29, 0.717) is 62.2 Å². The second kappa shape index (κ2) is 14.2. The first kappa shape index (κ1) is 32.6. The van der Waals surface area contributed by atoms with Crippen LogP contribution in [0, 0.1) is 5.92 Å². The number of H-pyrrole nitrogens is 1. The van der Waals surface area contributed by atoms with E-state index >= 15 is 0 Å². The van der Waals surface area contributed by atoms with Gasteiger partial charge in [0.25, 0.3) is 0 Å². The van der Waals surface area contributed by atoms with E-state index in [9.17, 15) is 14.4 Å². The lowest BCUT2D eigenvalue weighted by molar-refractivity contribution is -0.143. The number of aromatic nitrogens is 2. The number of aromatic amines is 1. The summed E-state index contributed by atoms with van der Waals surface area (Å²) in [6, 6.07) is 12.1. The van der Waals surface area contributed by atoms with Crippen molar-refractivity contribution in [3.63, 3.8) is 0 Å². The fourth-order valence-electron chi connectivity index (χ4n) is 7.73. The number of nitrogens with one attached hydrogen (secondary N) is 1. The van der Waals surface area contributed by atoms with E-state index < -0.39 is 5.92 Å². The Morgan fingerprint density at radius 1 is 0.935 bits per heavy atom. The smallest absolute Gasteiger partial charge is 0.326 e. The Bertz CT molecular complexity index is 1600. The largest absolute Gasteiger partial charge is 0.397 e. The normalized spacial score (nSPS) is 20.0. The topological polar surface area (TPSA) is 111 Å². The minimum Gasteiger partial charge on any atom is -0.397 e. The van der Waals surface area contributed by atoms with Crippen molar-refractivity contribution >= 4 is 40.1 Å². The first-order valence-electron chi connectivity index (χ1n) is 17.0. The molecule has 2 amide bonds. The number of para-hydroxylation sites is 2. The predicted molar refractivity (Wildman–Crippen MR) is 183 cm³/mol. The van der Waals surface area contributed by atoms with Crippen molar-refractivity contribution in [2.45, 2.75) is 64.0 Å². The number of imidazole rings is 1. The molecule has 0 aliphatic carbocycles. The van der Waals surface area contributed by atoms with Crippen molar-refractivity contribution in [3.05, 3.63) is 63.0 Å². The molecule has 3 aromatic rings. The molecule has 0 spiro atoms. The number of carbonyl (C=O) groups is 2. The van der Waals surface area contributed by atoms with Crippen molar-refractivity contribution in [1.82, 2.24) is 29.2 Å². The zero-order chi connectivity index (χ0) is 32.4. The maximum absolute atomic E-state index is 14.2. The van der Waals surface area contributed by atoms with Crippen molar-refractivity contribution < 1.29 is 9.59 Å². The van der Waals surface area contributed by atoms with Gasteiger partial charge >= 0.3 is 5.69 Å². The number of anilines is 1. The van der Waals surface area contributed by atoms with Gasteiger partial charge in [0.2, 0.25) is 11.8 Å². The summed E-state index contributed by atoms with van der Waals surface area (Å²) in [5.74, 6) is -0.435. The third-order valence-electron chi connectivity index (χ3n) is 10.5. The molecule has 10 nitrogen and oxygen atoms in total. The SMILES string of the molecule is CCc1cc(C[C@@H](CC(=O)N2CCC(n3c(=O)[nH]c4ccccc43)CC2)C(=O)N2CCC(N3CCN(C)CC3)CC2)cc(Cl)c1N. The number of aryl methyl sites for hydroxylation is 1. The third kappa shape index (κ3) is 6.99. The summed E-state index contributed by atoms with van der Waals surface area (Å²) in [7, 11) is 2.17. The first-order valence-corrected chi connectivity index (χ1v) is 17.3. The van der Waals surface area contributed by atoms with Crippen LogP contribution in [0.1, 0.15) is 56.2 Å². The van der Waals surface area contributed by atoms with Gasteiger partial charge < -0.3 is 25.4 Å². The van der Waals surface area contributed by atoms with E-state index in [0.717, 1.165) is 67.6 Å². The Balaban J connectivity index is 1.13. The lowest BCUT2D eigenvalue weighted by Crippen LogP contribution is -2.53. The van der Waals surface area contributed by atoms with Crippen LogP contribution in [0.15, 0.2) is 41.2 Å². The van der Waals surface area contributed by atoms with E-state index in [1.165, 1.54) is 0 Å². The Hall–Kier alpha value is -3.34. The Morgan fingerprint density at radius 2 is 1.59 bits per heavy atom. The molecule has 6 rings (SSSR count). The number of hydrogen-bond donors (Lipinski definition) is 2. The molecule has 3 N–H and O–H groups in total. The molecular formula is C35H48ClN7O3. The molecule has 46 heavy (non-hydrogen) atoms. The third-order valence-corrected chi connectivity index (χ3v) is 10.9. The Morgan fingerprint density at radius 3 is 2.28 bits per heavy atom. The van der Waals surface area contributed by atoms with Gasteiger partial charge in [-0.05, 0) is 74.9 Å². The number of rotatable bonds is 8. The standard InChI is InChI=1S/C35H48ClN7O3/c1-3-25-20-24(22-29(36)33(25)37)21-26(34(45)42-14-8-27(9-15-42)40-18-16-39(2)17-19-40)23-32(44)41-12-10-28(11-13-41)43-31-7-5-4-6-30(31)38-35(43)46/h4-7,20,22,26-28H,3,8-19,21,23,37H2,1-2H3,(H,38,46)/t26-/m0/s1. The summed E-state index contributed by atoms with van der Waals surface area (Å²) in [5, 5.41) is 0.495. The number of piperidine rings is 2. The minimum absolute atomic E-state index is 0.00680. The summed E-state index contributed by atoms with van der Waals surface area (Å²) in [6.45, 7) is 8.91. The highest BCUT2D eigenvalue weighted by Crippen LogP contribution is 2.30. The van der Waals surface area contributed by atoms with E-state index in [1.807, 2.05) is 57.7 Å². The Labute approximate surface area is 276 Å². The van der Waals surface area contributed by atoms with Crippen LogP contribution in [0.4, 0.5) is 5.69 Å². The molecular weight excluding hydrogens is 602 g/mol. The molecule has 4 heterocycles. The number of nitrogen functional groups attached to an aromatic ring is 1. The number of nitrogens with two attached hydrogens (primary N) is 1. The lowest BCUT2D eigenvalue weighted by Gasteiger charge is -2.42. The molecule has 3 fully saturated rings. The van der Waals surface area contributed by atoms with Gasteiger partial charge in [-0.1, -0.05) is 36.7 Å². The van der Waals surface area contributed by atoms with Gasteiger partial charge in [0.15, 0.2) is 0 Å². The van der Waals surface area contributed by atoms with E-state index in [2.05, 4.69) is 21.8 Å². The maximum atomic E-state index is 14.2. The molecule has 2 aromatic carbocycles. The van der Waals surface area contributed by atoms with Crippen LogP contribution in [-0.4, -0.2) is 106 Å². The van der Waals surface area contributed by atoms with Crippen LogP contribution in [0.3, 0.4) is 0 Å². The van der Waals surface area contributed by atoms with Crippen molar-refractivity contribution in [2.75, 3.05) is 65.1 Å². The summed E-state index contributed by atoms with van der Waals surface area (Å²) >= 11 is 6.51. The lowest BCUT2D eigenvalue weighted by atomic mass is 9.91. The molecule has 1 aromatic heterocycles. The average molecular weight is 650 g/mol. The number of halogens is 1. The van der Waals surface area contributed by atoms with Crippen LogP contribution < -0.4 is 11.4 Å². The number of fused-ring (bicyclic) bond motifs is 1. The van der Waals surface area contributed by atoms with E-state index in [1.54, 1.807) is 0 Å². The summed E-state index contributed by atoms with van der Waals surface area (Å²) < 4.78 is 1.84. The maximum Gasteiger partial charge on any atom is 0.326 e. The van der Waals surface area contributed by atoms with Crippen LogP contribution in [-0.2, 0) is 22.4 Å². The van der Waals surface area contributed by atoms with Gasteiger partial charge in [-0.15, -0.1) is 0 Å².